The lowest BCUT2D eigenvalue weighted by molar-refractivity contribution is 0.175. The summed E-state index contributed by atoms with van der Waals surface area (Å²) in [5.41, 5.74) is 4.29. The molecule has 0 spiro atoms. The fourth-order valence-electron chi connectivity index (χ4n) is 2.59. The third kappa shape index (κ3) is 1.93. The summed E-state index contributed by atoms with van der Waals surface area (Å²) in [6, 6.07) is 6.70. The van der Waals surface area contributed by atoms with Gasteiger partial charge in [-0.25, -0.2) is 0 Å². The van der Waals surface area contributed by atoms with E-state index in [4.69, 9.17) is 0 Å². The number of aliphatic hydroxyl groups excluding tert-OH is 1. The van der Waals surface area contributed by atoms with Gasteiger partial charge < -0.3 is 5.11 Å². The molecule has 1 aromatic carbocycles. The number of aryl methyl sites for hydroxylation is 2. The number of aliphatic hydroxyl groups is 1. The van der Waals surface area contributed by atoms with Gasteiger partial charge in [0.05, 0.1) is 6.10 Å². The van der Waals surface area contributed by atoms with Crippen LogP contribution in [0.3, 0.4) is 0 Å². The molecule has 2 unspecified atom stereocenters. The minimum absolute atomic E-state index is 0.100. The Labute approximate surface area is 92.1 Å². The Hall–Kier alpha value is -0.820. The summed E-state index contributed by atoms with van der Waals surface area (Å²) >= 11 is 0. The molecular formula is C14H20O. The molecule has 82 valence electrons. The molecule has 0 aromatic heterocycles. The highest BCUT2D eigenvalue weighted by Gasteiger charge is 2.35. The summed E-state index contributed by atoms with van der Waals surface area (Å²) in [4.78, 5) is 0. The molecule has 0 amide bonds. The minimum Gasteiger partial charge on any atom is -0.393 e. The highest BCUT2D eigenvalue weighted by molar-refractivity contribution is 5.35. The maximum atomic E-state index is 9.65. The number of hydrogen-bond donors (Lipinski definition) is 1. The van der Waals surface area contributed by atoms with Gasteiger partial charge in [0.15, 0.2) is 0 Å². The second kappa shape index (κ2) is 3.64. The van der Waals surface area contributed by atoms with Crippen LogP contribution in [0.15, 0.2) is 18.2 Å². The molecule has 0 bridgehead atoms. The Balaban J connectivity index is 2.33. The Bertz CT molecular complexity index is 370. The Morgan fingerprint density at radius 1 is 1.27 bits per heavy atom. The first-order valence-electron chi connectivity index (χ1n) is 5.77. The maximum absolute atomic E-state index is 9.65. The molecule has 1 aliphatic carbocycles. The monoisotopic (exact) mass is 204 g/mol. The second-order valence-electron chi connectivity index (χ2n) is 5.26. The zero-order valence-corrected chi connectivity index (χ0v) is 9.88. The van der Waals surface area contributed by atoms with E-state index in [2.05, 4.69) is 39.0 Å². The summed E-state index contributed by atoms with van der Waals surface area (Å²) in [5.74, 6) is 0. The van der Waals surface area contributed by atoms with Crippen molar-refractivity contribution in [1.29, 1.82) is 0 Å². The van der Waals surface area contributed by atoms with E-state index in [0.29, 0.717) is 0 Å². The van der Waals surface area contributed by atoms with Gasteiger partial charge in [-0.05, 0) is 55.2 Å². The van der Waals surface area contributed by atoms with Crippen molar-refractivity contribution in [3.8, 4) is 0 Å². The number of rotatable bonds is 1. The van der Waals surface area contributed by atoms with Gasteiger partial charge in [0.25, 0.3) is 0 Å². The average molecular weight is 204 g/mol. The summed E-state index contributed by atoms with van der Waals surface area (Å²) in [6.45, 7) is 6.58. The van der Waals surface area contributed by atoms with E-state index in [-0.39, 0.29) is 11.5 Å². The first-order chi connectivity index (χ1) is 7.01. The van der Waals surface area contributed by atoms with E-state index < -0.39 is 0 Å². The van der Waals surface area contributed by atoms with Gasteiger partial charge in [-0.1, -0.05) is 25.1 Å². The molecule has 15 heavy (non-hydrogen) atoms. The van der Waals surface area contributed by atoms with Crippen LogP contribution in [0, 0.1) is 13.8 Å². The molecule has 2 rings (SSSR count). The molecule has 1 saturated carbocycles. The van der Waals surface area contributed by atoms with Gasteiger partial charge in [-0.3, -0.25) is 0 Å². The molecule has 1 nitrogen and oxygen atoms in total. The van der Waals surface area contributed by atoms with Crippen molar-refractivity contribution in [2.24, 2.45) is 0 Å². The topological polar surface area (TPSA) is 20.2 Å². The molecular weight excluding hydrogens is 184 g/mol. The predicted octanol–water partition coefficient (Wildman–Crippen LogP) is 3.11. The van der Waals surface area contributed by atoms with Crippen LogP contribution >= 0.6 is 0 Å². The molecule has 0 radical (unpaired) electrons. The molecule has 0 aliphatic heterocycles. The van der Waals surface area contributed by atoms with Crippen LogP contribution in [0.4, 0.5) is 0 Å². The van der Waals surface area contributed by atoms with Crippen LogP contribution in [-0.2, 0) is 5.41 Å². The zero-order valence-electron chi connectivity index (χ0n) is 9.88. The average Bonchev–Trinajstić information content (AvgIpc) is 2.52. The van der Waals surface area contributed by atoms with Gasteiger partial charge in [0.2, 0.25) is 0 Å². The van der Waals surface area contributed by atoms with E-state index in [1.165, 1.54) is 16.7 Å². The molecule has 0 saturated heterocycles. The van der Waals surface area contributed by atoms with Gasteiger partial charge >= 0.3 is 0 Å². The molecule has 0 heterocycles. The van der Waals surface area contributed by atoms with E-state index in [0.717, 1.165) is 19.3 Å². The van der Waals surface area contributed by atoms with Crippen LogP contribution in [0.2, 0.25) is 0 Å². The lowest BCUT2D eigenvalue weighted by Gasteiger charge is -2.25. The predicted molar refractivity (Wildman–Crippen MR) is 63.1 cm³/mol. The molecule has 1 fully saturated rings. The normalized spacial score (nSPS) is 30.8. The summed E-state index contributed by atoms with van der Waals surface area (Å²) in [6.07, 6.45) is 2.87. The molecule has 1 aromatic rings. The standard InChI is InChI=1S/C14H20O/c1-10-4-5-12(8-11(10)2)14(3)7-6-13(15)9-14/h4-5,8,13,15H,6-7,9H2,1-3H3. The summed E-state index contributed by atoms with van der Waals surface area (Å²) in [7, 11) is 0. The van der Waals surface area contributed by atoms with Crippen LogP contribution < -0.4 is 0 Å². The van der Waals surface area contributed by atoms with Gasteiger partial charge in [0, 0.05) is 0 Å². The van der Waals surface area contributed by atoms with Gasteiger partial charge in [-0.2, -0.15) is 0 Å². The summed E-state index contributed by atoms with van der Waals surface area (Å²) in [5, 5.41) is 9.65. The fraction of sp³-hybridized carbons (Fsp3) is 0.571. The third-order valence-electron chi connectivity index (χ3n) is 3.92. The van der Waals surface area contributed by atoms with E-state index in [1.807, 2.05) is 0 Å². The Kier molecular flexibility index (Phi) is 2.59. The third-order valence-corrected chi connectivity index (χ3v) is 3.92. The van der Waals surface area contributed by atoms with Crippen molar-refractivity contribution in [2.75, 3.05) is 0 Å². The lowest BCUT2D eigenvalue weighted by Crippen LogP contribution is -2.19. The minimum atomic E-state index is -0.100. The smallest absolute Gasteiger partial charge is 0.0549 e. The van der Waals surface area contributed by atoms with Crippen molar-refractivity contribution in [2.45, 2.75) is 51.6 Å². The fourth-order valence-corrected chi connectivity index (χ4v) is 2.59. The van der Waals surface area contributed by atoms with Gasteiger partial charge in [0.1, 0.15) is 0 Å². The largest absolute Gasteiger partial charge is 0.393 e. The maximum Gasteiger partial charge on any atom is 0.0549 e. The highest BCUT2D eigenvalue weighted by atomic mass is 16.3. The first-order valence-corrected chi connectivity index (χ1v) is 5.77. The van der Waals surface area contributed by atoms with Gasteiger partial charge in [-0.15, -0.1) is 0 Å². The summed E-state index contributed by atoms with van der Waals surface area (Å²) < 4.78 is 0. The van der Waals surface area contributed by atoms with E-state index in [1.54, 1.807) is 0 Å². The Morgan fingerprint density at radius 3 is 2.53 bits per heavy atom. The highest BCUT2D eigenvalue weighted by Crippen LogP contribution is 2.41. The van der Waals surface area contributed by atoms with E-state index >= 15 is 0 Å². The van der Waals surface area contributed by atoms with Crippen molar-refractivity contribution in [1.82, 2.24) is 0 Å². The quantitative estimate of drug-likeness (QED) is 0.745. The molecule has 1 N–H and O–H groups in total. The van der Waals surface area contributed by atoms with Crippen molar-refractivity contribution < 1.29 is 5.11 Å². The molecule has 1 aliphatic rings. The van der Waals surface area contributed by atoms with Crippen LogP contribution in [0.25, 0.3) is 0 Å². The molecule has 1 heteroatoms. The van der Waals surface area contributed by atoms with Crippen molar-refractivity contribution in [3.63, 3.8) is 0 Å². The second-order valence-corrected chi connectivity index (χ2v) is 5.26. The van der Waals surface area contributed by atoms with Crippen molar-refractivity contribution >= 4 is 0 Å². The number of benzene rings is 1. The lowest BCUT2D eigenvalue weighted by atomic mass is 9.80. The number of hydrogen-bond acceptors (Lipinski definition) is 1. The SMILES string of the molecule is Cc1ccc(C2(C)CCC(O)C2)cc1C. The van der Waals surface area contributed by atoms with Crippen LogP contribution in [-0.4, -0.2) is 11.2 Å². The van der Waals surface area contributed by atoms with Crippen molar-refractivity contribution in [3.05, 3.63) is 34.9 Å². The van der Waals surface area contributed by atoms with Crippen LogP contribution in [0.5, 0.6) is 0 Å². The van der Waals surface area contributed by atoms with Crippen LogP contribution in [0.1, 0.15) is 42.9 Å². The molecule has 2 atom stereocenters. The Morgan fingerprint density at radius 2 is 2.00 bits per heavy atom. The first kappa shape index (κ1) is 10.7. The van der Waals surface area contributed by atoms with E-state index in [9.17, 15) is 5.11 Å². The zero-order chi connectivity index (χ0) is 11.1.